The molecule has 7 nitrogen and oxygen atoms in total. The van der Waals surface area contributed by atoms with Crippen molar-refractivity contribution in [2.75, 3.05) is 32.1 Å². The largest absolute Gasteiger partial charge is 0.352 e. The topological polar surface area (TPSA) is 67.7 Å². The molecule has 0 saturated carbocycles. The second-order valence-electron chi connectivity index (χ2n) is 6.25. The highest BCUT2D eigenvalue weighted by Gasteiger charge is 2.19. The molecule has 7 heteroatoms. The summed E-state index contributed by atoms with van der Waals surface area (Å²) >= 11 is 0. The molecule has 1 aromatic carbocycles. The monoisotopic (exact) mass is 344 g/mol. The third-order valence-electron chi connectivity index (χ3n) is 4.67. The van der Waals surface area contributed by atoms with Gasteiger partial charge < -0.3 is 9.47 Å². The molecule has 1 saturated heterocycles. The Balaban J connectivity index is 1.98. The van der Waals surface area contributed by atoms with Crippen molar-refractivity contribution in [1.29, 1.82) is 0 Å². The van der Waals surface area contributed by atoms with Gasteiger partial charge in [-0.3, -0.25) is 14.4 Å². The van der Waals surface area contributed by atoms with Gasteiger partial charge in [0.25, 0.3) is 5.56 Å². The van der Waals surface area contributed by atoms with E-state index < -0.39 is 0 Å². The van der Waals surface area contributed by atoms with Crippen LogP contribution in [-0.2, 0) is 16.2 Å². The molecule has 1 amide bonds. The molecule has 1 aliphatic rings. The molecule has 0 N–H and O–H groups in total. The first-order chi connectivity index (χ1) is 12.1. The van der Waals surface area contributed by atoms with Crippen LogP contribution >= 0.6 is 0 Å². The van der Waals surface area contributed by atoms with E-state index in [1.165, 1.54) is 18.6 Å². The summed E-state index contributed by atoms with van der Waals surface area (Å²) in [5.41, 5.74) is 1.39. The standard InChI is InChI=1S/C18H24N4O3/c1-20(25-2)16(23)10-13-22-15-9-5-4-8-14(15)19-17(18(22)24)21-11-6-3-7-12-21/h4-5,8-9H,3,6-7,10-13H2,1-2H3. The van der Waals surface area contributed by atoms with Gasteiger partial charge in [-0.1, -0.05) is 12.1 Å². The van der Waals surface area contributed by atoms with Crippen molar-refractivity contribution in [2.24, 2.45) is 0 Å². The maximum absolute atomic E-state index is 13.0. The van der Waals surface area contributed by atoms with Gasteiger partial charge in [-0.25, -0.2) is 10.0 Å². The van der Waals surface area contributed by atoms with E-state index in [0.717, 1.165) is 37.0 Å². The summed E-state index contributed by atoms with van der Waals surface area (Å²) < 4.78 is 1.66. The van der Waals surface area contributed by atoms with Gasteiger partial charge in [0.1, 0.15) is 0 Å². The van der Waals surface area contributed by atoms with E-state index >= 15 is 0 Å². The number of benzene rings is 1. The van der Waals surface area contributed by atoms with Gasteiger partial charge in [0, 0.05) is 33.1 Å². The molecule has 0 bridgehead atoms. The molecule has 0 radical (unpaired) electrons. The quantitative estimate of drug-likeness (QED) is 0.774. The first-order valence-electron chi connectivity index (χ1n) is 8.67. The fraction of sp³-hybridized carbons (Fsp3) is 0.500. The second-order valence-corrected chi connectivity index (χ2v) is 6.25. The number of hydrogen-bond acceptors (Lipinski definition) is 5. The molecular weight excluding hydrogens is 320 g/mol. The van der Waals surface area contributed by atoms with E-state index in [-0.39, 0.29) is 17.9 Å². The molecule has 0 spiro atoms. The molecule has 134 valence electrons. The smallest absolute Gasteiger partial charge is 0.294 e. The van der Waals surface area contributed by atoms with Gasteiger partial charge in [0.2, 0.25) is 5.91 Å². The highest BCUT2D eigenvalue weighted by Crippen LogP contribution is 2.18. The summed E-state index contributed by atoms with van der Waals surface area (Å²) in [6.45, 7) is 2.01. The Morgan fingerprint density at radius 1 is 1.24 bits per heavy atom. The zero-order valence-electron chi connectivity index (χ0n) is 14.8. The highest BCUT2D eigenvalue weighted by atomic mass is 16.7. The van der Waals surface area contributed by atoms with Crippen molar-refractivity contribution in [3.8, 4) is 0 Å². The van der Waals surface area contributed by atoms with Crippen LogP contribution in [0.25, 0.3) is 11.0 Å². The molecule has 25 heavy (non-hydrogen) atoms. The average molecular weight is 344 g/mol. The van der Waals surface area contributed by atoms with Crippen LogP contribution in [0.15, 0.2) is 29.1 Å². The van der Waals surface area contributed by atoms with Gasteiger partial charge in [-0.2, -0.15) is 0 Å². The van der Waals surface area contributed by atoms with Crippen LogP contribution in [-0.4, -0.2) is 47.8 Å². The van der Waals surface area contributed by atoms with Crippen LogP contribution < -0.4 is 10.5 Å². The molecule has 1 aromatic heterocycles. The van der Waals surface area contributed by atoms with E-state index in [1.54, 1.807) is 11.6 Å². The van der Waals surface area contributed by atoms with E-state index in [9.17, 15) is 9.59 Å². The molecular formula is C18H24N4O3. The van der Waals surface area contributed by atoms with Crippen LogP contribution in [0.4, 0.5) is 5.82 Å². The maximum Gasteiger partial charge on any atom is 0.294 e. The second kappa shape index (κ2) is 7.65. The zero-order valence-corrected chi connectivity index (χ0v) is 14.8. The summed E-state index contributed by atoms with van der Waals surface area (Å²) in [5, 5.41) is 1.18. The molecule has 2 heterocycles. The van der Waals surface area contributed by atoms with Crippen molar-refractivity contribution < 1.29 is 9.63 Å². The van der Waals surface area contributed by atoms with Crippen molar-refractivity contribution in [3.63, 3.8) is 0 Å². The van der Waals surface area contributed by atoms with Crippen molar-refractivity contribution in [1.82, 2.24) is 14.6 Å². The van der Waals surface area contributed by atoms with Crippen LogP contribution in [0.5, 0.6) is 0 Å². The maximum atomic E-state index is 13.0. The zero-order chi connectivity index (χ0) is 17.8. The van der Waals surface area contributed by atoms with Crippen LogP contribution in [0.3, 0.4) is 0 Å². The number of rotatable bonds is 5. The molecule has 0 aliphatic carbocycles. The van der Waals surface area contributed by atoms with E-state index in [0.29, 0.717) is 12.4 Å². The Morgan fingerprint density at radius 2 is 1.96 bits per heavy atom. The number of amides is 1. The number of hydrogen-bond donors (Lipinski definition) is 0. The van der Waals surface area contributed by atoms with Crippen LogP contribution in [0.1, 0.15) is 25.7 Å². The lowest BCUT2D eigenvalue weighted by molar-refractivity contribution is -0.168. The number of fused-ring (bicyclic) bond motifs is 1. The van der Waals surface area contributed by atoms with Crippen LogP contribution in [0, 0.1) is 0 Å². The number of hydroxylamine groups is 2. The van der Waals surface area contributed by atoms with Crippen molar-refractivity contribution in [2.45, 2.75) is 32.2 Å². The number of carbonyl (C=O) groups is 1. The Labute approximate surface area is 146 Å². The molecule has 1 fully saturated rings. The molecule has 0 unspecified atom stereocenters. The third kappa shape index (κ3) is 3.66. The SMILES string of the molecule is CON(C)C(=O)CCn1c(=O)c(N2CCCCC2)nc2ccccc21. The van der Waals surface area contributed by atoms with Gasteiger partial charge in [-0.05, 0) is 31.4 Å². The summed E-state index contributed by atoms with van der Waals surface area (Å²) in [6.07, 6.45) is 3.53. The summed E-state index contributed by atoms with van der Waals surface area (Å²) in [4.78, 5) is 36.7. The Morgan fingerprint density at radius 3 is 2.68 bits per heavy atom. The molecule has 3 rings (SSSR count). The minimum Gasteiger partial charge on any atom is -0.352 e. The van der Waals surface area contributed by atoms with Crippen molar-refractivity contribution >= 4 is 22.8 Å². The number of piperidine rings is 1. The van der Waals surface area contributed by atoms with Crippen LogP contribution in [0.2, 0.25) is 0 Å². The number of anilines is 1. The first-order valence-corrected chi connectivity index (χ1v) is 8.67. The number of aromatic nitrogens is 2. The van der Waals surface area contributed by atoms with E-state index in [4.69, 9.17) is 4.84 Å². The fourth-order valence-electron chi connectivity index (χ4n) is 3.18. The lowest BCUT2D eigenvalue weighted by Crippen LogP contribution is -2.37. The summed E-state index contributed by atoms with van der Waals surface area (Å²) in [7, 11) is 3.01. The predicted molar refractivity (Wildman–Crippen MR) is 96.5 cm³/mol. The number of para-hydroxylation sites is 2. The number of nitrogens with zero attached hydrogens (tertiary/aromatic N) is 4. The van der Waals surface area contributed by atoms with Gasteiger partial charge >= 0.3 is 0 Å². The lowest BCUT2D eigenvalue weighted by Gasteiger charge is -2.28. The van der Waals surface area contributed by atoms with Gasteiger partial charge in [0.05, 0.1) is 18.1 Å². The molecule has 1 aliphatic heterocycles. The average Bonchev–Trinajstić information content (AvgIpc) is 2.66. The van der Waals surface area contributed by atoms with Gasteiger partial charge in [-0.15, -0.1) is 0 Å². The Hall–Kier alpha value is -2.41. The van der Waals surface area contributed by atoms with Crippen molar-refractivity contribution in [3.05, 3.63) is 34.6 Å². The molecule has 0 atom stereocenters. The highest BCUT2D eigenvalue weighted by molar-refractivity contribution is 5.77. The van der Waals surface area contributed by atoms with Gasteiger partial charge in [0.15, 0.2) is 5.82 Å². The summed E-state index contributed by atoms with van der Waals surface area (Å²) in [6, 6.07) is 7.56. The predicted octanol–water partition coefficient (Wildman–Crippen LogP) is 1.80. The fourth-order valence-corrected chi connectivity index (χ4v) is 3.18. The lowest BCUT2D eigenvalue weighted by atomic mass is 10.1. The van der Waals surface area contributed by atoms with E-state index in [1.807, 2.05) is 24.3 Å². The minimum atomic E-state index is -0.171. The van der Waals surface area contributed by atoms with E-state index in [2.05, 4.69) is 9.88 Å². The molecule has 2 aromatic rings. The normalized spacial score (nSPS) is 14.7. The third-order valence-corrected chi connectivity index (χ3v) is 4.67. The number of carbonyl (C=O) groups excluding carboxylic acids is 1. The first kappa shape index (κ1) is 17.4. The number of aryl methyl sites for hydroxylation is 1. The Bertz CT molecular complexity index is 812. The minimum absolute atomic E-state index is 0.131. The Kier molecular flexibility index (Phi) is 5.33. The summed E-state index contributed by atoms with van der Waals surface area (Å²) in [5.74, 6) is 0.320.